The van der Waals surface area contributed by atoms with Crippen molar-refractivity contribution in [2.45, 2.75) is 26.4 Å². The van der Waals surface area contributed by atoms with Crippen molar-refractivity contribution in [2.75, 3.05) is 0 Å². The van der Waals surface area contributed by atoms with Crippen molar-refractivity contribution >= 4 is 11.7 Å². The molecule has 1 aliphatic rings. The van der Waals surface area contributed by atoms with Gasteiger partial charge in [-0.2, -0.15) is 13.2 Å². The second-order valence-electron chi connectivity index (χ2n) is 6.79. The second kappa shape index (κ2) is 8.14. The molecule has 0 saturated heterocycles. The Morgan fingerprint density at radius 1 is 1.07 bits per heavy atom. The molecular weight excluding hydrogens is 402 g/mol. The molecule has 0 heterocycles. The summed E-state index contributed by atoms with van der Waals surface area (Å²) < 4.78 is 58.4. The van der Waals surface area contributed by atoms with Crippen LogP contribution >= 0.6 is 0 Å². The first-order valence-corrected chi connectivity index (χ1v) is 8.93. The molecule has 2 aromatic rings. The summed E-state index contributed by atoms with van der Waals surface area (Å²) in [6, 6.07) is 6.00. The van der Waals surface area contributed by atoms with Gasteiger partial charge in [0, 0.05) is 18.2 Å². The van der Waals surface area contributed by atoms with E-state index < -0.39 is 23.5 Å². The number of rotatable bonds is 4. The number of allylic oxidation sites excluding steroid dienone is 3. The zero-order chi connectivity index (χ0) is 22.1. The van der Waals surface area contributed by atoms with E-state index in [1.54, 1.807) is 13.0 Å². The Morgan fingerprint density at radius 2 is 1.80 bits per heavy atom. The van der Waals surface area contributed by atoms with Crippen LogP contribution in [0.1, 0.15) is 34.8 Å². The number of hydrogen-bond acceptors (Lipinski definition) is 3. The van der Waals surface area contributed by atoms with E-state index in [0.717, 1.165) is 24.3 Å². The van der Waals surface area contributed by atoms with E-state index in [-0.39, 0.29) is 35.0 Å². The van der Waals surface area contributed by atoms with Gasteiger partial charge >= 0.3 is 6.18 Å². The van der Waals surface area contributed by atoms with Gasteiger partial charge < -0.3 is 10.1 Å². The van der Waals surface area contributed by atoms with Gasteiger partial charge in [-0.1, -0.05) is 6.08 Å². The smallest absolute Gasteiger partial charge is 0.416 e. The lowest BCUT2D eigenvalue weighted by Crippen LogP contribution is -2.26. The van der Waals surface area contributed by atoms with Gasteiger partial charge in [-0.05, 0) is 61.4 Å². The number of nitrogens with one attached hydrogen (secondary N) is 1. The average Bonchev–Trinajstić information content (AvgIpc) is 2.66. The topological polar surface area (TPSA) is 55.4 Å². The van der Waals surface area contributed by atoms with Crippen molar-refractivity contribution in [3.05, 3.63) is 82.3 Å². The number of alkyl halides is 3. The Hall–Kier alpha value is -3.42. The molecule has 3 rings (SSSR count). The molecule has 1 amide bonds. The third kappa shape index (κ3) is 4.76. The van der Waals surface area contributed by atoms with Gasteiger partial charge in [0.25, 0.3) is 5.91 Å². The van der Waals surface area contributed by atoms with Crippen molar-refractivity contribution < 1.29 is 31.9 Å². The summed E-state index contributed by atoms with van der Waals surface area (Å²) in [5, 5.41) is 2.54. The molecule has 0 aromatic heterocycles. The Bertz CT molecular complexity index is 1080. The van der Waals surface area contributed by atoms with Crippen LogP contribution in [0.15, 0.2) is 59.8 Å². The lowest BCUT2D eigenvalue weighted by atomic mass is 10.0. The summed E-state index contributed by atoms with van der Waals surface area (Å²) in [6.07, 6.45) is -1.53. The molecule has 0 unspecified atom stereocenters. The molecule has 0 atom stereocenters. The number of ether oxygens (including phenoxy) is 1. The van der Waals surface area contributed by atoms with Crippen LogP contribution in [0.3, 0.4) is 0 Å². The van der Waals surface area contributed by atoms with E-state index >= 15 is 0 Å². The van der Waals surface area contributed by atoms with Crippen LogP contribution in [-0.4, -0.2) is 11.7 Å². The number of hydrogen-bond donors (Lipinski definition) is 1. The first-order valence-electron chi connectivity index (χ1n) is 8.93. The van der Waals surface area contributed by atoms with Crippen LogP contribution in [0.25, 0.3) is 0 Å². The maximum Gasteiger partial charge on any atom is 0.416 e. The van der Waals surface area contributed by atoms with Crippen molar-refractivity contribution in [1.29, 1.82) is 0 Å². The second-order valence-corrected chi connectivity index (χ2v) is 6.79. The third-order valence-electron chi connectivity index (χ3n) is 4.50. The number of amides is 1. The summed E-state index contributed by atoms with van der Waals surface area (Å²) in [7, 11) is 0. The summed E-state index contributed by atoms with van der Waals surface area (Å²) >= 11 is 0. The summed E-state index contributed by atoms with van der Waals surface area (Å²) in [5.74, 6) is -1.72. The number of ketones is 1. The predicted molar refractivity (Wildman–Crippen MR) is 102 cm³/mol. The Morgan fingerprint density at radius 3 is 2.47 bits per heavy atom. The van der Waals surface area contributed by atoms with Gasteiger partial charge in [0.2, 0.25) is 0 Å². The summed E-state index contributed by atoms with van der Waals surface area (Å²) in [6.45, 7) is 3.23. The maximum atomic E-state index is 13.3. The van der Waals surface area contributed by atoms with Gasteiger partial charge in [0.15, 0.2) is 5.78 Å². The van der Waals surface area contributed by atoms with E-state index in [9.17, 15) is 27.2 Å². The van der Waals surface area contributed by atoms with E-state index in [1.165, 1.54) is 19.1 Å². The average molecular weight is 419 g/mol. The fraction of sp³-hybridized carbons (Fsp3) is 0.182. The van der Waals surface area contributed by atoms with Crippen LogP contribution in [0.4, 0.5) is 17.6 Å². The quantitative estimate of drug-likeness (QED) is 0.668. The molecule has 0 saturated carbocycles. The zero-order valence-electron chi connectivity index (χ0n) is 16.1. The van der Waals surface area contributed by atoms with Crippen molar-refractivity contribution in [3.8, 4) is 11.5 Å². The Labute approximate surface area is 169 Å². The van der Waals surface area contributed by atoms with Crippen molar-refractivity contribution in [3.63, 3.8) is 0 Å². The SMILES string of the molecule is CC1=CCC(=O)C=C1NC(=O)c1ccc(C(F)(F)F)cc1Oc1ccc(F)cc1C. The number of aryl methyl sites for hydroxylation is 1. The summed E-state index contributed by atoms with van der Waals surface area (Å²) in [4.78, 5) is 24.4. The molecule has 2 aromatic carbocycles. The predicted octanol–water partition coefficient (Wildman–Crippen LogP) is 5.48. The van der Waals surface area contributed by atoms with Gasteiger partial charge in [0.1, 0.15) is 17.3 Å². The van der Waals surface area contributed by atoms with E-state index in [1.807, 2.05) is 0 Å². The van der Waals surface area contributed by atoms with E-state index in [4.69, 9.17) is 4.74 Å². The molecule has 0 fully saturated rings. The highest BCUT2D eigenvalue weighted by Crippen LogP contribution is 2.36. The Balaban J connectivity index is 1.99. The van der Waals surface area contributed by atoms with Gasteiger partial charge in [-0.25, -0.2) is 4.39 Å². The molecule has 0 spiro atoms. The van der Waals surface area contributed by atoms with E-state index in [2.05, 4.69) is 5.32 Å². The first-order chi connectivity index (χ1) is 14.0. The molecule has 4 nitrogen and oxygen atoms in total. The molecule has 0 radical (unpaired) electrons. The van der Waals surface area contributed by atoms with Crippen LogP contribution in [0.2, 0.25) is 0 Å². The lowest BCUT2D eigenvalue weighted by Gasteiger charge is -2.17. The van der Waals surface area contributed by atoms with Crippen molar-refractivity contribution in [1.82, 2.24) is 5.32 Å². The molecule has 0 bridgehead atoms. The molecule has 8 heteroatoms. The molecule has 0 aliphatic heterocycles. The minimum Gasteiger partial charge on any atom is -0.456 e. The molecule has 1 aliphatic carbocycles. The molecule has 156 valence electrons. The van der Waals surface area contributed by atoms with Crippen LogP contribution in [-0.2, 0) is 11.0 Å². The Kier molecular flexibility index (Phi) is 5.78. The normalized spacial score (nSPS) is 14.1. The highest BCUT2D eigenvalue weighted by atomic mass is 19.4. The summed E-state index contributed by atoms with van der Waals surface area (Å²) in [5.41, 5.74) is 0.0975. The van der Waals surface area contributed by atoms with Gasteiger partial charge in [-0.15, -0.1) is 0 Å². The minimum absolute atomic E-state index is 0.105. The zero-order valence-corrected chi connectivity index (χ0v) is 16.1. The van der Waals surface area contributed by atoms with Crippen LogP contribution < -0.4 is 10.1 Å². The molecule has 1 N–H and O–H groups in total. The maximum absolute atomic E-state index is 13.3. The fourth-order valence-electron chi connectivity index (χ4n) is 2.84. The van der Waals surface area contributed by atoms with Crippen LogP contribution in [0.5, 0.6) is 11.5 Å². The van der Waals surface area contributed by atoms with Gasteiger partial charge in [0.05, 0.1) is 11.1 Å². The molecular formula is C22H17F4NO3. The third-order valence-corrected chi connectivity index (χ3v) is 4.50. The number of benzene rings is 2. The van der Waals surface area contributed by atoms with Crippen LogP contribution in [0, 0.1) is 12.7 Å². The number of halogens is 4. The molecule has 30 heavy (non-hydrogen) atoms. The monoisotopic (exact) mass is 419 g/mol. The largest absolute Gasteiger partial charge is 0.456 e. The standard InChI is InChI=1S/C22H17F4NO3/c1-12-3-6-16(28)11-18(12)27-21(29)17-7-4-14(22(24,25)26)10-20(17)30-19-8-5-15(23)9-13(19)2/h3-5,7-11H,6H2,1-2H3,(H,27,29). The minimum atomic E-state index is -4.65. The highest BCUT2D eigenvalue weighted by molar-refractivity contribution is 6.00. The highest BCUT2D eigenvalue weighted by Gasteiger charge is 2.32. The number of carbonyl (C=O) groups is 2. The fourth-order valence-corrected chi connectivity index (χ4v) is 2.84. The van der Waals surface area contributed by atoms with Crippen molar-refractivity contribution in [2.24, 2.45) is 0 Å². The number of carbonyl (C=O) groups excluding carboxylic acids is 2. The lowest BCUT2D eigenvalue weighted by molar-refractivity contribution is -0.137. The van der Waals surface area contributed by atoms with E-state index in [0.29, 0.717) is 17.2 Å². The first kappa shape index (κ1) is 21.3. The van der Waals surface area contributed by atoms with Gasteiger partial charge in [-0.3, -0.25) is 9.59 Å².